The lowest BCUT2D eigenvalue weighted by Crippen LogP contribution is -2.44. The minimum Gasteiger partial charge on any atom is -0.352 e. The van der Waals surface area contributed by atoms with E-state index in [0.717, 1.165) is 28.8 Å². The van der Waals surface area contributed by atoms with Gasteiger partial charge in [0.1, 0.15) is 6.54 Å². The first-order valence-electron chi connectivity index (χ1n) is 6.74. The normalized spacial score (nSPS) is 13.0. The van der Waals surface area contributed by atoms with E-state index in [4.69, 9.17) is 0 Å². The van der Waals surface area contributed by atoms with Crippen molar-refractivity contribution in [1.82, 2.24) is 5.32 Å². The number of halogens is 2. The summed E-state index contributed by atoms with van der Waals surface area (Å²) in [7, 11) is -3.82. The van der Waals surface area contributed by atoms with Crippen LogP contribution in [0.2, 0.25) is 0 Å². The first kappa shape index (κ1) is 18.3. The summed E-state index contributed by atoms with van der Waals surface area (Å²) in [6, 6.07) is 2.53. The lowest BCUT2D eigenvalue weighted by molar-refractivity contribution is -0.120. The number of hydrogen-bond acceptors (Lipinski definition) is 3. The van der Waals surface area contributed by atoms with E-state index in [0.29, 0.717) is 0 Å². The molecule has 0 aromatic heterocycles. The number of benzene rings is 1. The average molecular weight is 334 g/mol. The van der Waals surface area contributed by atoms with Gasteiger partial charge in [-0.15, -0.1) is 0 Å². The van der Waals surface area contributed by atoms with Gasteiger partial charge in [-0.3, -0.25) is 9.10 Å². The minimum absolute atomic E-state index is 0.103. The lowest BCUT2D eigenvalue weighted by Gasteiger charge is -2.24. The zero-order chi connectivity index (χ0) is 17.1. The van der Waals surface area contributed by atoms with Crippen LogP contribution < -0.4 is 9.62 Å². The highest BCUT2D eigenvalue weighted by atomic mass is 32.2. The maximum absolute atomic E-state index is 13.3. The van der Waals surface area contributed by atoms with Crippen LogP contribution in [-0.2, 0) is 14.8 Å². The SMILES string of the molecule is CC(C)C(C)NC(=O)CN(c1ccc(F)c(F)c1)S(C)(=O)=O. The zero-order valence-corrected chi connectivity index (χ0v) is 13.7. The van der Waals surface area contributed by atoms with E-state index >= 15 is 0 Å². The Bertz CT molecular complexity index is 647. The molecule has 0 aliphatic rings. The molecule has 1 aromatic carbocycles. The van der Waals surface area contributed by atoms with Gasteiger partial charge >= 0.3 is 0 Å². The number of carbonyl (C=O) groups is 1. The van der Waals surface area contributed by atoms with Crippen LogP contribution in [0, 0.1) is 17.6 Å². The Morgan fingerprint density at radius 2 is 1.82 bits per heavy atom. The van der Waals surface area contributed by atoms with Gasteiger partial charge in [0.05, 0.1) is 11.9 Å². The highest BCUT2D eigenvalue weighted by Crippen LogP contribution is 2.20. The fourth-order valence-electron chi connectivity index (χ4n) is 1.64. The maximum atomic E-state index is 13.3. The maximum Gasteiger partial charge on any atom is 0.240 e. The van der Waals surface area contributed by atoms with E-state index in [1.54, 1.807) is 6.92 Å². The Hall–Kier alpha value is -1.70. The molecule has 1 N–H and O–H groups in total. The fraction of sp³-hybridized carbons (Fsp3) is 0.500. The van der Waals surface area contributed by atoms with Gasteiger partial charge in [0.15, 0.2) is 11.6 Å². The molecule has 5 nitrogen and oxygen atoms in total. The number of carbonyl (C=O) groups excluding carboxylic acids is 1. The van der Waals surface area contributed by atoms with Gasteiger partial charge < -0.3 is 5.32 Å². The summed E-state index contributed by atoms with van der Waals surface area (Å²) in [5.41, 5.74) is -0.103. The highest BCUT2D eigenvalue weighted by molar-refractivity contribution is 7.92. The molecule has 0 radical (unpaired) electrons. The molecule has 1 amide bonds. The largest absolute Gasteiger partial charge is 0.352 e. The van der Waals surface area contributed by atoms with E-state index < -0.39 is 34.1 Å². The summed E-state index contributed by atoms with van der Waals surface area (Å²) >= 11 is 0. The first-order chi connectivity index (χ1) is 10.0. The monoisotopic (exact) mass is 334 g/mol. The summed E-state index contributed by atoms with van der Waals surface area (Å²) in [5.74, 6) is -2.60. The predicted octanol–water partition coefficient (Wildman–Crippen LogP) is 1.89. The van der Waals surface area contributed by atoms with E-state index in [1.807, 2.05) is 13.8 Å². The molecule has 1 unspecified atom stereocenters. The number of nitrogens with zero attached hydrogens (tertiary/aromatic N) is 1. The molecule has 124 valence electrons. The summed E-state index contributed by atoms with van der Waals surface area (Å²) in [6.07, 6.45) is 0.896. The smallest absolute Gasteiger partial charge is 0.240 e. The molecule has 0 aliphatic carbocycles. The molecule has 0 saturated carbocycles. The van der Waals surface area contributed by atoms with Crippen LogP contribution in [0.5, 0.6) is 0 Å². The molecule has 22 heavy (non-hydrogen) atoms. The second-order valence-corrected chi connectivity index (χ2v) is 7.38. The molecule has 8 heteroatoms. The van der Waals surface area contributed by atoms with E-state index in [9.17, 15) is 22.0 Å². The van der Waals surface area contributed by atoms with Gasteiger partial charge in [0, 0.05) is 12.1 Å². The molecule has 0 heterocycles. The van der Waals surface area contributed by atoms with Crippen LogP contribution in [0.25, 0.3) is 0 Å². The molecule has 0 fully saturated rings. The molecule has 1 atom stereocenters. The molecular weight excluding hydrogens is 314 g/mol. The number of amides is 1. The Labute approximate surface area is 129 Å². The van der Waals surface area contributed by atoms with Gasteiger partial charge in [-0.2, -0.15) is 0 Å². The standard InChI is InChI=1S/C14H20F2N2O3S/c1-9(2)10(3)17-14(19)8-18(22(4,20)21)11-5-6-12(15)13(16)7-11/h5-7,9-10H,8H2,1-4H3,(H,17,19). The Balaban J connectivity index is 3.00. The van der Waals surface area contributed by atoms with E-state index in [-0.39, 0.29) is 17.6 Å². The van der Waals surface area contributed by atoms with Crippen molar-refractivity contribution in [3.8, 4) is 0 Å². The third-order valence-corrected chi connectivity index (χ3v) is 4.41. The number of nitrogens with one attached hydrogen (secondary N) is 1. The average Bonchev–Trinajstić information content (AvgIpc) is 2.38. The number of sulfonamides is 1. The van der Waals surface area contributed by atoms with Gasteiger partial charge in [-0.25, -0.2) is 17.2 Å². The molecule has 0 spiro atoms. The molecule has 0 bridgehead atoms. The molecule has 0 saturated heterocycles. The summed E-state index contributed by atoms with van der Waals surface area (Å²) in [5, 5.41) is 2.66. The third kappa shape index (κ3) is 4.94. The van der Waals surface area contributed by atoms with Crippen molar-refractivity contribution in [2.45, 2.75) is 26.8 Å². The van der Waals surface area contributed by atoms with Crippen molar-refractivity contribution in [3.63, 3.8) is 0 Å². The lowest BCUT2D eigenvalue weighted by atomic mass is 10.1. The fourth-order valence-corrected chi connectivity index (χ4v) is 2.49. The summed E-state index contributed by atoms with van der Waals surface area (Å²) in [4.78, 5) is 12.0. The van der Waals surface area contributed by atoms with Crippen molar-refractivity contribution >= 4 is 21.6 Å². The molecule has 0 aliphatic heterocycles. The Kier molecular flexibility index (Phi) is 5.87. The van der Waals surface area contributed by atoms with Crippen LogP contribution >= 0.6 is 0 Å². The predicted molar refractivity (Wildman–Crippen MR) is 81.0 cm³/mol. The third-order valence-electron chi connectivity index (χ3n) is 3.27. The van der Waals surface area contributed by atoms with Crippen molar-refractivity contribution < 1.29 is 22.0 Å². The second kappa shape index (κ2) is 7.04. The topological polar surface area (TPSA) is 66.5 Å². The number of rotatable bonds is 6. The Morgan fingerprint density at radius 1 is 1.23 bits per heavy atom. The highest BCUT2D eigenvalue weighted by Gasteiger charge is 2.23. The second-order valence-electron chi connectivity index (χ2n) is 5.47. The summed E-state index contributed by atoms with van der Waals surface area (Å²) in [6.45, 7) is 5.12. The van der Waals surface area contributed by atoms with Crippen LogP contribution in [0.3, 0.4) is 0 Å². The molecular formula is C14H20F2N2O3S. The Morgan fingerprint density at radius 3 is 2.27 bits per heavy atom. The van der Waals surface area contributed by atoms with Crippen LogP contribution in [0.4, 0.5) is 14.5 Å². The number of hydrogen-bond donors (Lipinski definition) is 1. The van der Waals surface area contributed by atoms with Crippen LogP contribution in [0.15, 0.2) is 18.2 Å². The quantitative estimate of drug-likeness (QED) is 0.864. The van der Waals surface area contributed by atoms with Gasteiger partial charge in [0.25, 0.3) is 0 Å². The van der Waals surface area contributed by atoms with Crippen molar-refractivity contribution in [3.05, 3.63) is 29.8 Å². The minimum atomic E-state index is -3.82. The van der Waals surface area contributed by atoms with Crippen molar-refractivity contribution in [2.75, 3.05) is 17.1 Å². The number of anilines is 1. The van der Waals surface area contributed by atoms with Crippen LogP contribution in [0.1, 0.15) is 20.8 Å². The summed E-state index contributed by atoms with van der Waals surface area (Å²) < 4.78 is 50.6. The van der Waals surface area contributed by atoms with E-state index in [2.05, 4.69) is 5.32 Å². The zero-order valence-electron chi connectivity index (χ0n) is 12.9. The van der Waals surface area contributed by atoms with Crippen molar-refractivity contribution in [2.24, 2.45) is 5.92 Å². The van der Waals surface area contributed by atoms with Crippen LogP contribution in [-0.4, -0.2) is 33.2 Å². The molecule has 1 rings (SSSR count). The van der Waals surface area contributed by atoms with Gasteiger partial charge in [0.2, 0.25) is 15.9 Å². The van der Waals surface area contributed by atoms with E-state index in [1.165, 1.54) is 0 Å². The first-order valence-corrected chi connectivity index (χ1v) is 8.59. The van der Waals surface area contributed by atoms with Gasteiger partial charge in [-0.05, 0) is 25.0 Å². The molecule has 1 aromatic rings. The van der Waals surface area contributed by atoms with Crippen molar-refractivity contribution in [1.29, 1.82) is 0 Å². The van der Waals surface area contributed by atoms with Gasteiger partial charge in [-0.1, -0.05) is 13.8 Å².